The topological polar surface area (TPSA) is 96.2 Å². The summed E-state index contributed by atoms with van der Waals surface area (Å²) in [5.74, 6) is 0.164. The smallest absolute Gasteiger partial charge is 0.422 e. The molecule has 0 aliphatic carbocycles. The van der Waals surface area contributed by atoms with E-state index in [1.807, 2.05) is 0 Å². The molecule has 5 rings (SSSR count). The van der Waals surface area contributed by atoms with Crippen LogP contribution in [-0.2, 0) is 6.54 Å². The molecule has 0 bridgehead atoms. The van der Waals surface area contributed by atoms with Gasteiger partial charge in [-0.1, -0.05) is 34.1 Å². The van der Waals surface area contributed by atoms with Gasteiger partial charge in [0.25, 0.3) is 0 Å². The molecule has 5 aromatic rings. The molecule has 44 heavy (non-hydrogen) atoms. The Bertz CT molecular complexity index is 1730. The molecule has 0 aliphatic rings. The highest BCUT2D eigenvalue weighted by Crippen LogP contribution is 2.37. The molecule has 0 saturated carbocycles. The van der Waals surface area contributed by atoms with E-state index in [9.17, 15) is 26.3 Å². The summed E-state index contributed by atoms with van der Waals surface area (Å²) in [4.78, 5) is 13.0. The molecule has 9 nitrogen and oxygen atoms in total. The van der Waals surface area contributed by atoms with E-state index in [-0.39, 0.29) is 33.9 Å². The standard InChI is InChI=1S/C28H21BrF6N6O3/c1-42-23-12-37-26(39-25(23)38-17-6-8-36-9-7-17)24-18-4-2-3-5-20(18)41(40-24)13-19-21(43-14-27(30,31)32)10-16(29)11-22(19)44-15-28(33,34)35/h2-12H,13-15H2,1H3,(H,36,37,38,39). The Morgan fingerprint density at radius 3 is 2.14 bits per heavy atom. The van der Waals surface area contributed by atoms with Crippen molar-refractivity contribution in [3.8, 4) is 28.8 Å². The molecule has 0 radical (unpaired) electrons. The first-order chi connectivity index (χ1) is 20.9. The number of halogens is 7. The number of methoxy groups -OCH3 is 1. The Morgan fingerprint density at radius 1 is 0.886 bits per heavy atom. The van der Waals surface area contributed by atoms with Crippen molar-refractivity contribution in [2.75, 3.05) is 25.6 Å². The monoisotopic (exact) mass is 682 g/mol. The largest absolute Gasteiger partial charge is 0.491 e. The van der Waals surface area contributed by atoms with Crippen LogP contribution in [0.1, 0.15) is 5.56 Å². The molecule has 0 amide bonds. The first kappa shape index (κ1) is 30.8. The van der Waals surface area contributed by atoms with E-state index in [0.29, 0.717) is 33.9 Å². The van der Waals surface area contributed by atoms with E-state index in [1.54, 1.807) is 48.8 Å². The Morgan fingerprint density at radius 2 is 1.52 bits per heavy atom. The minimum absolute atomic E-state index is 0.0859. The summed E-state index contributed by atoms with van der Waals surface area (Å²) < 4.78 is 95.4. The Hall–Kier alpha value is -4.60. The number of benzene rings is 2. The van der Waals surface area contributed by atoms with Crippen LogP contribution in [0.3, 0.4) is 0 Å². The second kappa shape index (κ2) is 12.6. The van der Waals surface area contributed by atoms with Gasteiger partial charge in [-0.15, -0.1) is 0 Å². The summed E-state index contributed by atoms with van der Waals surface area (Å²) in [5, 5.41) is 8.33. The van der Waals surface area contributed by atoms with Gasteiger partial charge in [-0.25, -0.2) is 9.97 Å². The number of pyridine rings is 1. The predicted octanol–water partition coefficient (Wildman–Crippen LogP) is 7.33. The molecule has 1 N–H and O–H groups in total. The first-order valence-electron chi connectivity index (χ1n) is 12.7. The van der Waals surface area contributed by atoms with E-state index >= 15 is 0 Å². The number of fused-ring (bicyclic) bond motifs is 1. The quantitative estimate of drug-likeness (QED) is 0.153. The molecule has 0 fully saturated rings. The van der Waals surface area contributed by atoms with Crippen LogP contribution < -0.4 is 19.5 Å². The van der Waals surface area contributed by atoms with Crippen LogP contribution in [0.25, 0.3) is 22.4 Å². The third-order valence-electron chi connectivity index (χ3n) is 6.01. The fraction of sp³-hybridized carbons (Fsp3) is 0.214. The number of para-hydroxylation sites is 1. The summed E-state index contributed by atoms with van der Waals surface area (Å²) in [6.45, 7) is -3.66. The van der Waals surface area contributed by atoms with E-state index in [2.05, 4.69) is 41.3 Å². The number of nitrogens with zero attached hydrogens (tertiary/aromatic N) is 5. The van der Waals surface area contributed by atoms with Crippen LogP contribution >= 0.6 is 15.9 Å². The lowest BCUT2D eigenvalue weighted by Crippen LogP contribution is -2.22. The van der Waals surface area contributed by atoms with Crippen LogP contribution in [0, 0.1) is 0 Å². The zero-order valence-electron chi connectivity index (χ0n) is 22.6. The maximum absolute atomic E-state index is 13.1. The second-order valence-electron chi connectivity index (χ2n) is 9.18. The molecule has 230 valence electrons. The molecule has 0 aliphatic heterocycles. The second-order valence-corrected chi connectivity index (χ2v) is 10.1. The summed E-state index contributed by atoms with van der Waals surface area (Å²) in [6, 6.07) is 12.8. The molecule has 0 atom stereocenters. The van der Waals surface area contributed by atoms with Gasteiger partial charge in [-0.2, -0.15) is 31.4 Å². The van der Waals surface area contributed by atoms with Crippen molar-refractivity contribution >= 4 is 38.3 Å². The maximum atomic E-state index is 13.1. The Kier molecular flexibility index (Phi) is 8.80. The molecule has 2 aromatic carbocycles. The molecule has 0 saturated heterocycles. The van der Waals surface area contributed by atoms with Crippen LogP contribution in [0.15, 0.2) is 71.6 Å². The zero-order chi connectivity index (χ0) is 31.5. The third-order valence-corrected chi connectivity index (χ3v) is 6.47. The number of ether oxygens (including phenoxy) is 3. The minimum Gasteiger partial charge on any atom is -0.491 e. The number of aromatic nitrogens is 5. The lowest BCUT2D eigenvalue weighted by atomic mass is 10.1. The lowest BCUT2D eigenvalue weighted by molar-refractivity contribution is -0.154. The highest BCUT2D eigenvalue weighted by molar-refractivity contribution is 9.10. The molecule has 0 unspecified atom stereocenters. The highest BCUT2D eigenvalue weighted by Gasteiger charge is 2.31. The fourth-order valence-corrected chi connectivity index (χ4v) is 4.59. The van der Waals surface area contributed by atoms with Crippen molar-refractivity contribution in [2.45, 2.75) is 18.9 Å². The Labute approximate surface area is 253 Å². The first-order valence-corrected chi connectivity index (χ1v) is 13.4. The lowest BCUT2D eigenvalue weighted by Gasteiger charge is -2.19. The van der Waals surface area contributed by atoms with Gasteiger partial charge in [0.05, 0.1) is 30.9 Å². The van der Waals surface area contributed by atoms with E-state index in [0.717, 1.165) is 0 Å². The highest BCUT2D eigenvalue weighted by atomic mass is 79.9. The minimum atomic E-state index is -4.70. The fourth-order valence-electron chi connectivity index (χ4n) is 4.18. The van der Waals surface area contributed by atoms with Gasteiger partial charge in [0.2, 0.25) is 0 Å². The van der Waals surface area contributed by atoms with Crippen molar-refractivity contribution in [1.82, 2.24) is 24.7 Å². The van der Waals surface area contributed by atoms with Crippen LogP contribution in [0.4, 0.5) is 37.8 Å². The number of alkyl halides is 6. The molecule has 3 heterocycles. The summed E-state index contributed by atoms with van der Waals surface area (Å²) >= 11 is 3.11. The normalized spacial score (nSPS) is 11.9. The van der Waals surface area contributed by atoms with Crippen molar-refractivity contribution in [1.29, 1.82) is 0 Å². The van der Waals surface area contributed by atoms with Gasteiger partial charge in [0.1, 0.15) is 17.2 Å². The molecule has 3 aromatic heterocycles. The summed E-state index contributed by atoms with van der Waals surface area (Å²) in [7, 11) is 1.45. The number of hydrogen-bond acceptors (Lipinski definition) is 8. The summed E-state index contributed by atoms with van der Waals surface area (Å²) in [6.07, 6.45) is -4.78. The van der Waals surface area contributed by atoms with Gasteiger partial charge in [-0.3, -0.25) is 9.67 Å². The van der Waals surface area contributed by atoms with Crippen molar-refractivity contribution in [3.05, 3.63) is 77.2 Å². The van der Waals surface area contributed by atoms with Gasteiger partial charge in [0, 0.05) is 27.9 Å². The van der Waals surface area contributed by atoms with E-state index in [4.69, 9.17) is 14.2 Å². The van der Waals surface area contributed by atoms with Crippen LogP contribution in [-0.4, -0.2) is 57.4 Å². The van der Waals surface area contributed by atoms with Crippen molar-refractivity contribution in [2.24, 2.45) is 0 Å². The zero-order valence-corrected chi connectivity index (χ0v) is 24.2. The maximum Gasteiger partial charge on any atom is 0.422 e. The van der Waals surface area contributed by atoms with Crippen molar-refractivity contribution < 1.29 is 40.6 Å². The average molecular weight is 683 g/mol. The number of hydrogen-bond donors (Lipinski definition) is 1. The van der Waals surface area contributed by atoms with Crippen LogP contribution in [0.2, 0.25) is 0 Å². The molecular formula is C28H21BrF6N6O3. The SMILES string of the molecule is COc1cnc(-c2nn(Cc3c(OCC(F)(F)F)cc(Br)cc3OCC(F)(F)F)c3ccccc23)nc1Nc1ccncc1. The summed E-state index contributed by atoms with van der Waals surface area (Å²) in [5.41, 5.74) is 1.38. The predicted molar refractivity (Wildman–Crippen MR) is 151 cm³/mol. The Balaban J connectivity index is 1.59. The third kappa shape index (κ3) is 7.48. The van der Waals surface area contributed by atoms with Crippen LogP contribution in [0.5, 0.6) is 17.2 Å². The van der Waals surface area contributed by atoms with Gasteiger partial charge in [0.15, 0.2) is 30.6 Å². The molecule has 0 spiro atoms. The van der Waals surface area contributed by atoms with Crippen molar-refractivity contribution in [3.63, 3.8) is 0 Å². The molecule has 16 heteroatoms. The van der Waals surface area contributed by atoms with Gasteiger partial charge in [-0.05, 0) is 30.3 Å². The van der Waals surface area contributed by atoms with E-state index < -0.39 is 25.6 Å². The van der Waals surface area contributed by atoms with Gasteiger partial charge >= 0.3 is 12.4 Å². The number of nitrogens with one attached hydrogen (secondary N) is 1. The average Bonchev–Trinajstić information content (AvgIpc) is 3.34. The number of anilines is 2. The number of rotatable bonds is 10. The van der Waals surface area contributed by atoms with Gasteiger partial charge < -0.3 is 19.5 Å². The van der Waals surface area contributed by atoms with E-state index in [1.165, 1.54) is 30.1 Å². The molecular weight excluding hydrogens is 662 g/mol.